The van der Waals surface area contributed by atoms with E-state index in [0.29, 0.717) is 5.92 Å². The van der Waals surface area contributed by atoms with Crippen LogP contribution in [0.4, 0.5) is 0 Å². The lowest BCUT2D eigenvalue weighted by Crippen LogP contribution is -2.15. The van der Waals surface area contributed by atoms with Crippen molar-refractivity contribution in [1.82, 2.24) is 10.3 Å². The first-order valence-electron chi connectivity index (χ1n) is 6.25. The predicted molar refractivity (Wildman–Crippen MR) is 69.5 cm³/mol. The molecule has 0 spiro atoms. The first-order valence-corrected chi connectivity index (χ1v) is 6.25. The van der Waals surface area contributed by atoms with Gasteiger partial charge in [0.15, 0.2) is 0 Å². The topological polar surface area (TPSA) is 37.0 Å². The molecule has 0 aliphatic carbocycles. The Labute approximate surface area is 101 Å². The number of hydrogen-bond donors (Lipinski definition) is 2. The number of ether oxygens (including phenoxy) is 1. The van der Waals surface area contributed by atoms with Gasteiger partial charge in [-0.15, -0.1) is 0 Å². The molecule has 0 radical (unpaired) electrons. The molecule has 1 aliphatic rings. The second-order valence-electron chi connectivity index (χ2n) is 4.82. The largest absolute Gasteiger partial charge is 0.491 e. The lowest BCUT2D eigenvalue weighted by molar-refractivity contribution is 0.262. The molecule has 1 saturated heterocycles. The van der Waals surface area contributed by atoms with Gasteiger partial charge in [-0.1, -0.05) is 12.1 Å². The summed E-state index contributed by atoms with van der Waals surface area (Å²) in [6, 6.07) is 6.23. The highest BCUT2D eigenvalue weighted by Gasteiger charge is 2.15. The van der Waals surface area contributed by atoms with Crippen molar-refractivity contribution in [3.63, 3.8) is 0 Å². The minimum atomic E-state index is 0.654. The van der Waals surface area contributed by atoms with Crippen molar-refractivity contribution in [2.45, 2.75) is 13.3 Å². The number of H-pyrrole nitrogens is 1. The van der Waals surface area contributed by atoms with Crippen LogP contribution < -0.4 is 10.1 Å². The number of aryl methyl sites for hydroxylation is 1. The van der Waals surface area contributed by atoms with Gasteiger partial charge in [0.05, 0.1) is 12.1 Å². The van der Waals surface area contributed by atoms with Gasteiger partial charge in [0, 0.05) is 24.0 Å². The third-order valence-corrected chi connectivity index (χ3v) is 3.52. The van der Waals surface area contributed by atoms with Crippen LogP contribution in [0, 0.1) is 12.8 Å². The maximum atomic E-state index is 5.95. The van der Waals surface area contributed by atoms with E-state index in [4.69, 9.17) is 4.74 Å². The fourth-order valence-electron chi connectivity index (χ4n) is 2.45. The van der Waals surface area contributed by atoms with Crippen molar-refractivity contribution in [3.8, 4) is 5.75 Å². The molecule has 0 saturated carbocycles. The van der Waals surface area contributed by atoms with E-state index >= 15 is 0 Å². The van der Waals surface area contributed by atoms with Crippen LogP contribution >= 0.6 is 0 Å². The lowest BCUT2D eigenvalue weighted by atomic mass is 10.1. The number of hydrogen-bond acceptors (Lipinski definition) is 2. The molecule has 0 amide bonds. The van der Waals surface area contributed by atoms with Gasteiger partial charge in [-0.25, -0.2) is 0 Å². The number of aromatic nitrogens is 1. The number of benzene rings is 1. The van der Waals surface area contributed by atoms with Gasteiger partial charge in [0.1, 0.15) is 5.75 Å². The normalized spacial score (nSPS) is 19.9. The van der Waals surface area contributed by atoms with Crippen LogP contribution in [0.2, 0.25) is 0 Å². The summed E-state index contributed by atoms with van der Waals surface area (Å²) in [6.07, 6.45) is 3.26. The molecule has 1 unspecified atom stereocenters. The molecule has 1 atom stereocenters. The Morgan fingerprint density at radius 3 is 3.18 bits per heavy atom. The molecule has 0 bridgehead atoms. The van der Waals surface area contributed by atoms with E-state index in [1.807, 2.05) is 12.3 Å². The van der Waals surface area contributed by atoms with Crippen molar-refractivity contribution in [2.75, 3.05) is 19.7 Å². The Bertz CT molecular complexity index is 512. The van der Waals surface area contributed by atoms with Crippen molar-refractivity contribution >= 4 is 10.9 Å². The zero-order chi connectivity index (χ0) is 11.7. The third-order valence-electron chi connectivity index (χ3n) is 3.52. The summed E-state index contributed by atoms with van der Waals surface area (Å²) in [7, 11) is 0. The second-order valence-corrected chi connectivity index (χ2v) is 4.82. The first kappa shape index (κ1) is 10.7. The summed E-state index contributed by atoms with van der Waals surface area (Å²) in [6.45, 7) is 5.13. The van der Waals surface area contributed by atoms with Crippen LogP contribution in [-0.4, -0.2) is 24.7 Å². The average molecular weight is 230 g/mol. The summed E-state index contributed by atoms with van der Waals surface area (Å²) in [5.41, 5.74) is 2.39. The van der Waals surface area contributed by atoms with Crippen LogP contribution in [0.5, 0.6) is 5.75 Å². The fraction of sp³-hybridized carbons (Fsp3) is 0.429. The van der Waals surface area contributed by atoms with E-state index in [1.165, 1.54) is 17.4 Å². The maximum absolute atomic E-state index is 5.95. The molecular formula is C14H18N2O. The quantitative estimate of drug-likeness (QED) is 0.850. The van der Waals surface area contributed by atoms with Gasteiger partial charge >= 0.3 is 0 Å². The SMILES string of the molecule is Cc1c[nH]c2c(OCC3CCNC3)cccc12. The highest BCUT2D eigenvalue weighted by molar-refractivity contribution is 5.88. The van der Waals surface area contributed by atoms with E-state index < -0.39 is 0 Å². The Morgan fingerprint density at radius 2 is 2.35 bits per heavy atom. The van der Waals surface area contributed by atoms with Crippen molar-refractivity contribution < 1.29 is 4.74 Å². The Balaban J connectivity index is 1.79. The second kappa shape index (κ2) is 4.41. The van der Waals surface area contributed by atoms with Crippen LogP contribution in [0.25, 0.3) is 10.9 Å². The van der Waals surface area contributed by atoms with Gasteiger partial charge in [0.25, 0.3) is 0 Å². The molecule has 90 valence electrons. The Morgan fingerprint density at radius 1 is 1.41 bits per heavy atom. The number of nitrogens with one attached hydrogen (secondary N) is 2. The van der Waals surface area contributed by atoms with Crippen LogP contribution in [0.1, 0.15) is 12.0 Å². The number of rotatable bonds is 3. The average Bonchev–Trinajstić information content (AvgIpc) is 2.97. The highest BCUT2D eigenvalue weighted by Crippen LogP contribution is 2.27. The zero-order valence-electron chi connectivity index (χ0n) is 10.1. The minimum Gasteiger partial charge on any atom is -0.491 e. The van der Waals surface area contributed by atoms with E-state index in [9.17, 15) is 0 Å². The summed E-state index contributed by atoms with van der Waals surface area (Å²) in [5, 5.41) is 4.62. The summed E-state index contributed by atoms with van der Waals surface area (Å²) < 4.78 is 5.95. The molecule has 2 N–H and O–H groups in total. The van der Waals surface area contributed by atoms with Gasteiger partial charge in [-0.3, -0.25) is 0 Å². The van der Waals surface area contributed by atoms with E-state index in [-0.39, 0.29) is 0 Å². The molecule has 3 heteroatoms. The minimum absolute atomic E-state index is 0.654. The van der Waals surface area contributed by atoms with Gasteiger partial charge < -0.3 is 15.0 Å². The number of fused-ring (bicyclic) bond motifs is 1. The molecule has 1 aliphatic heterocycles. The maximum Gasteiger partial charge on any atom is 0.143 e. The van der Waals surface area contributed by atoms with E-state index in [2.05, 4.69) is 29.4 Å². The summed E-state index contributed by atoms with van der Waals surface area (Å²) >= 11 is 0. The third kappa shape index (κ3) is 2.03. The number of para-hydroxylation sites is 1. The van der Waals surface area contributed by atoms with Crippen LogP contribution in [-0.2, 0) is 0 Å². The molecule has 1 aromatic heterocycles. The molecule has 1 fully saturated rings. The molecule has 3 nitrogen and oxygen atoms in total. The molecule has 1 aromatic carbocycles. The Kier molecular flexibility index (Phi) is 2.77. The summed E-state index contributed by atoms with van der Waals surface area (Å²) in [4.78, 5) is 3.29. The molecule has 2 heterocycles. The standard InChI is InChI=1S/C14H18N2O/c1-10-7-16-14-12(10)3-2-4-13(14)17-9-11-5-6-15-8-11/h2-4,7,11,15-16H,5-6,8-9H2,1H3. The van der Waals surface area contributed by atoms with Crippen LogP contribution in [0.15, 0.2) is 24.4 Å². The highest BCUT2D eigenvalue weighted by atomic mass is 16.5. The van der Waals surface area contributed by atoms with Gasteiger partial charge in [-0.05, 0) is 31.5 Å². The zero-order valence-corrected chi connectivity index (χ0v) is 10.1. The van der Waals surface area contributed by atoms with E-state index in [1.54, 1.807) is 0 Å². The molecule has 3 rings (SSSR count). The van der Waals surface area contributed by atoms with Crippen molar-refractivity contribution in [3.05, 3.63) is 30.0 Å². The molecule has 2 aromatic rings. The van der Waals surface area contributed by atoms with Crippen molar-refractivity contribution in [2.24, 2.45) is 5.92 Å². The van der Waals surface area contributed by atoms with Gasteiger partial charge in [0.2, 0.25) is 0 Å². The first-order chi connectivity index (χ1) is 8.34. The molecule has 17 heavy (non-hydrogen) atoms. The Hall–Kier alpha value is -1.48. The van der Waals surface area contributed by atoms with Crippen molar-refractivity contribution in [1.29, 1.82) is 0 Å². The smallest absolute Gasteiger partial charge is 0.143 e. The lowest BCUT2D eigenvalue weighted by Gasteiger charge is -2.11. The summed E-state index contributed by atoms with van der Waals surface area (Å²) in [5.74, 6) is 1.63. The fourth-order valence-corrected chi connectivity index (χ4v) is 2.45. The van der Waals surface area contributed by atoms with E-state index in [0.717, 1.165) is 31.0 Å². The predicted octanol–water partition coefficient (Wildman–Crippen LogP) is 2.46. The van der Waals surface area contributed by atoms with Gasteiger partial charge in [-0.2, -0.15) is 0 Å². The number of aromatic amines is 1. The molecular weight excluding hydrogens is 212 g/mol. The monoisotopic (exact) mass is 230 g/mol. The van der Waals surface area contributed by atoms with Crippen LogP contribution in [0.3, 0.4) is 0 Å².